The van der Waals surface area contributed by atoms with E-state index in [1.807, 2.05) is 24.8 Å². The van der Waals surface area contributed by atoms with Crippen molar-refractivity contribution in [3.63, 3.8) is 0 Å². The Morgan fingerprint density at radius 3 is 2.79 bits per heavy atom. The van der Waals surface area contributed by atoms with Gasteiger partial charge in [0, 0.05) is 53.1 Å². The van der Waals surface area contributed by atoms with Gasteiger partial charge in [0.15, 0.2) is 0 Å². The fraction of sp³-hybridized carbons (Fsp3) is 0.516. The number of imidazole rings is 1. The van der Waals surface area contributed by atoms with Crippen molar-refractivity contribution in [2.45, 2.75) is 64.0 Å². The molecule has 6 rings (SSSR count). The average Bonchev–Trinajstić information content (AvgIpc) is 3.26. The van der Waals surface area contributed by atoms with Crippen LogP contribution < -0.4 is 0 Å². The lowest BCUT2D eigenvalue weighted by molar-refractivity contribution is -0.140. The molecule has 2 aromatic heterocycles. The first-order valence-electron chi connectivity index (χ1n) is 14.3. The van der Waals surface area contributed by atoms with Gasteiger partial charge >= 0.3 is 0 Å². The number of likely N-dealkylation sites (N-methyl/N-ethyl adjacent to an activating group) is 1. The molecule has 4 atom stereocenters. The van der Waals surface area contributed by atoms with Crippen molar-refractivity contribution in [3.8, 4) is 0 Å². The van der Waals surface area contributed by atoms with E-state index in [0.29, 0.717) is 17.7 Å². The van der Waals surface area contributed by atoms with Crippen molar-refractivity contribution in [3.05, 3.63) is 80.6 Å². The van der Waals surface area contributed by atoms with Crippen LogP contribution in [0.3, 0.4) is 0 Å². The first-order chi connectivity index (χ1) is 18.9. The van der Waals surface area contributed by atoms with Crippen LogP contribution >= 0.6 is 27.5 Å². The first kappa shape index (κ1) is 27.0. The van der Waals surface area contributed by atoms with Crippen LogP contribution in [0.15, 0.2) is 47.5 Å². The minimum Gasteiger partial charge on any atom is -0.341 e. The van der Waals surface area contributed by atoms with Crippen LogP contribution in [0.5, 0.6) is 0 Å². The molecule has 8 heteroatoms. The summed E-state index contributed by atoms with van der Waals surface area (Å²) < 4.78 is 3.24. The molecule has 0 radical (unpaired) electrons. The number of hydrogen-bond acceptors (Lipinski definition) is 4. The molecule has 39 heavy (non-hydrogen) atoms. The molecule has 1 amide bonds. The van der Waals surface area contributed by atoms with Gasteiger partial charge in [-0.15, -0.1) is 0 Å². The summed E-state index contributed by atoms with van der Waals surface area (Å²) in [6.45, 7) is 5.63. The molecule has 0 spiro atoms. The van der Waals surface area contributed by atoms with Crippen LogP contribution in [0.2, 0.25) is 5.02 Å². The number of carbonyl (C=O) groups is 1. The minimum atomic E-state index is -0.101. The van der Waals surface area contributed by atoms with Gasteiger partial charge in [0.1, 0.15) is 0 Å². The summed E-state index contributed by atoms with van der Waals surface area (Å²) >= 11 is 10.1. The second-order valence-corrected chi connectivity index (χ2v) is 13.1. The molecular weight excluding hydrogens is 574 g/mol. The van der Waals surface area contributed by atoms with Gasteiger partial charge < -0.3 is 9.47 Å². The standard InChI is InChI=1S/C31H37BrClN5O/c1-20-15-34-19-38(20)18-21-4-3-10-37(17-21)31(39)28-14-23(9-11-36(28)2)29-27-8-7-26(33)13-22(27)5-6-24-12-25(32)16-35-30(24)29/h7-8,12-13,15-16,19,21,23,28-29H,3-6,9-11,14,17-18H2,1-2H3. The molecule has 0 N–H and O–H groups in total. The number of rotatable bonds is 4. The maximum Gasteiger partial charge on any atom is 0.239 e. The van der Waals surface area contributed by atoms with E-state index in [2.05, 4.69) is 67.5 Å². The summed E-state index contributed by atoms with van der Waals surface area (Å²) in [6.07, 6.45) is 11.8. The molecular formula is C31H37BrClN5O. The molecule has 2 fully saturated rings. The molecule has 4 heterocycles. The second kappa shape index (κ2) is 11.3. The number of nitrogens with zero attached hydrogens (tertiary/aromatic N) is 5. The smallest absolute Gasteiger partial charge is 0.239 e. The lowest BCUT2D eigenvalue weighted by atomic mass is 9.74. The molecule has 2 aliphatic heterocycles. The highest BCUT2D eigenvalue weighted by Crippen LogP contribution is 2.44. The number of carbonyl (C=O) groups excluding carboxylic acids is 1. The fourth-order valence-electron chi connectivity index (χ4n) is 7.14. The molecule has 0 saturated carbocycles. The summed E-state index contributed by atoms with van der Waals surface area (Å²) in [6, 6.07) is 8.50. The third-order valence-electron chi connectivity index (χ3n) is 9.24. The summed E-state index contributed by atoms with van der Waals surface area (Å²) in [5.74, 6) is 1.27. The molecule has 4 unspecified atom stereocenters. The van der Waals surface area contributed by atoms with Gasteiger partial charge in [-0.3, -0.25) is 14.7 Å². The van der Waals surface area contributed by atoms with E-state index < -0.39 is 0 Å². The Bertz CT molecular complexity index is 1300. The molecule has 1 aliphatic carbocycles. The molecule has 6 nitrogen and oxygen atoms in total. The maximum atomic E-state index is 14.1. The Hall–Kier alpha value is -2.22. The molecule has 3 aromatic rings. The number of aromatic nitrogens is 3. The molecule has 3 aliphatic rings. The SMILES string of the molecule is Cc1cncn1CC1CCCN(C(=O)C2CC(C3c4ccc(Cl)cc4CCc4cc(Br)cnc43)CCN2C)C1. The zero-order valence-corrected chi connectivity index (χ0v) is 25.2. The molecule has 206 valence electrons. The quantitative estimate of drug-likeness (QED) is 0.370. The molecule has 1 aromatic carbocycles. The van der Waals surface area contributed by atoms with Gasteiger partial charge in [0.05, 0.1) is 18.1 Å². The molecule has 2 saturated heterocycles. The highest BCUT2D eigenvalue weighted by atomic mass is 79.9. The van der Waals surface area contributed by atoms with Crippen LogP contribution in [0.4, 0.5) is 0 Å². The van der Waals surface area contributed by atoms with E-state index in [9.17, 15) is 4.79 Å². The Kier molecular flexibility index (Phi) is 7.84. The number of halogens is 2. The van der Waals surface area contributed by atoms with Crippen LogP contribution in [0.1, 0.15) is 59.7 Å². The van der Waals surface area contributed by atoms with Crippen molar-refractivity contribution >= 4 is 33.4 Å². The van der Waals surface area contributed by atoms with E-state index in [1.54, 1.807) is 0 Å². The highest BCUT2D eigenvalue weighted by Gasteiger charge is 2.41. The third kappa shape index (κ3) is 5.55. The highest BCUT2D eigenvalue weighted by molar-refractivity contribution is 9.10. The third-order valence-corrected chi connectivity index (χ3v) is 9.91. The Morgan fingerprint density at radius 2 is 1.97 bits per heavy atom. The summed E-state index contributed by atoms with van der Waals surface area (Å²) in [5, 5.41) is 0.787. The van der Waals surface area contributed by atoms with E-state index in [0.717, 1.165) is 74.2 Å². The predicted molar refractivity (Wildman–Crippen MR) is 158 cm³/mol. The first-order valence-corrected chi connectivity index (χ1v) is 15.4. The monoisotopic (exact) mass is 609 g/mol. The van der Waals surface area contributed by atoms with E-state index in [1.165, 1.54) is 28.1 Å². The van der Waals surface area contributed by atoms with Gasteiger partial charge in [-0.25, -0.2) is 4.98 Å². The van der Waals surface area contributed by atoms with Gasteiger partial charge in [0.2, 0.25) is 5.91 Å². The lowest BCUT2D eigenvalue weighted by Crippen LogP contribution is -2.54. The fourth-order valence-corrected chi connectivity index (χ4v) is 7.72. The zero-order valence-electron chi connectivity index (χ0n) is 22.8. The van der Waals surface area contributed by atoms with Crippen LogP contribution in [0.25, 0.3) is 0 Å². The number of pyridine rings is 1. The van der Waals surface area contributed by atoms with Crippen molar-refractivity contribution in [2.24, 2.45) is 11.8 Å². The summed E-state index contributed by atoms with van der Waals surface area (Å²) in [5.41, 5.74) is 6.31. The second-order valence-electron chi connectivity index (χ2n) is 11.8. The van der Waals surface area contributed by atoms with E-state index >= 15 is 0 Å². The Labute approximate surface area is 244 Å². The lowest BCUT2D eigenvalue weighted by Gasteiger charge is -2.43. The number of aryl methyl sites for hydroxylation is 3. The van der Waals surface area contributed by atoms with Gasteiger partial charge in [0.25, 0.3) is 0 Å². The Balaban J connectivity index is 1.25. The zero-order chi connectivity index (χ0) is 27.1. The number of fused-ring (bicyclic) bond motifs is 2. The number of amides is 1. The predicted octanol–water partition coefficient (Wildman–Crippen LogP) is 5.88. The van der Waals surface area contributed by atoms with Crippen LogP contribution in [-0.2, 0) is 24.2 Å². The van der Waals surface area contributed by atoms with Crippen molar-refractivity contribution < 1.29 is 4.79 Å². The van der Waals surface area contributed by atoms with Crippen LogP contribution in [-0.4, -0.2) is 63.0 Å². The van der Waals surface area contributed by atoms with Gasteiger partial charge in [-0.2, -0.15) is 0 Å². The van der Waals surface area contributed by atoms with Crippen molar-refractivity contribution in [2.75, 3.05) is 26.7 Å². The van der Waals surface area contributed by atoms with E-state index in [-0.39, 0.29) is 12.0 Å². The molecule has 0 bridgehead atoms. The summed E-state index contributed by atoms with van der Waals surface area (Å²) in [4.78, 5) is 27.8. The van der Waals surface area contributed by atoms with Crippen LogP contribution in [0, 0.1) is 18.8 Å². The van der Waals surface area contributed by atoms with Gasteiger partial charge in [-0.1, -0.05) is 17.7 Å². The topological polar surface area (TPSA) is 54.3 Å². The van der Waals surface area contributed by atoms with Crippen molar-refractivity contribution in [1.29, 1.82) is 0 Å². The largest absolute Gasteiger partial charge is 0.341 e. The number of hydrogen-bond donors (Lipinski definition) is 0. The van der Waals surface area contributed by atoms with E-state index in [4.69, 9.17) is 16.6 Å². The Morgan fingerprint density at radius 1 is 1.13 bits per heavy atom. The van der Waals surface area contributed by atoms with Crippen molar-refractivity contribution in [1.82, 2.24) is 24.3 Å². The summed E-state index contributed by atoms with van der Waals surface area (Å²) in [7, 11) is 2.12. The average molecular weight is 611 g/mol. The maximum absolute atomic E-state index is 14.1. The van der Waals surface area contributed by atoms with Gasteiger partial charge in [-0.05, 0) is 122 Å². The number of piperidine rings is 2. The number of likely N-dealkylation sites (tertiary alicyclic amines) is 2. The minimum absolute atomic E-state index is 0.101. The number of benzene rings is 1. The normalized spacial score (nSPS) is 25.6.